The van der Waals surface area contributed by atoms with Crippen molar-refractivity contribution in [1.29, 1.82) is 0 Å². The summed E-state index contributed by atoms with van der Waals surface area (Å²) in [5, 5.41) is 0.906. The van der Waals surface area contributed by atoms with Crippen molar-refractivity contribution in [1.82, 2.24) is 9.97 Å². The van der Waals surface area contributed by atoms with Crippen LogP contribution in [-0.4, -0.2) is 36.4 Å². The van der Waals surface area contributed by atoms with E-state index in [9.17, 15) is 0 Å². The van der Waals surface area contributed by atoms with Crippen LogP contribution in [0.1, 0.15) is 11.1 Å². The van der Waals surface area contributed by atoms with Crippen molar-refractivity contribution >= 4 is 10.9 Å². The van der Waals surface area contributed by atoms with Gasteiger partial charge in [-0.05, 0) is 49.2 Å². The second kappa shape index (κ2) is 8.44. The van der Waals surface area contributed by atoms with Gasteiger partial charge < -0.3 is 14.2 Å². The minimum Gasteiger partial charge on any atom is -0.491 e. The Balaban J connectivity index is 1.37. The van der Waals surface area contributed by atoms with Gasteiger partial charge in [0.2, 0.25) is 5.88 Å². The highest BCUT2D eigenvalue weighted by molar-refractivity contribution is 5.82. The van der Waals surface area contributed by atoms with E-state index in [2.05, 4.69) is 29.9 Å². The first kappa shape index (κ1) is 17.2. The van der Waals surface area contributed by atoms with Crippen LogP contribution in [0.5, 0.6) is 11.6 Å². The molecule has 0 spiro atoms. The molecule has 0 aliphatic rings. The van der Waals surface area contributed by atoms with Crippen molar-refractivity contribution < 1.29 is 14.2 Å². The summed E-state index contributed by atoms with van der Waals surface area (Å²) in [5.41, 5.74) is 3.26. The van der Waals surface area contributed by atoms with Gasteiger partial charge in [0.15, 0.2) is 0 Å². The Morgan fingerprint density at radius 2 is 1.52 bits per heavy atom. The average molecular weight is 338 g/mol. The topological polar surface area (TPSA) is 53.5 Å². The maximum absolute atomic E-state index is 5.70. The van der Waals surface area contributed by atoms with Crippen molar-refractivity contribution in [2.75, 3.05) is 26.4 Å². The molecule has 0 saturated carbocycles. The Morgan fingerprint density at radius 3 is 2.32 bits per heavy atom. The number of nitrogens with zero attached hydrogens (tertiary/aromatic N) is 2. The van der Waals surface area contributed by atoms with E-state index in [1.807, 2.05) is 36.4 Å². The first-order valence-corrected chi connectivity index (χ1v) is 8.34. The van der Waals surface area contributed by atoms with Gasteiger partial charge in [-0.25, -0.2) is 9.97 Å². The monoisotopic (exact) mass is 338 g/mol. The molecule has 1 aromatic heterocycles. The van der Waals surface area contributed by atoms with E-state index in [0.717, 1.165) is 16.7 Å². The van der Waals surface area contributed by atoms with E-state index in [4.69, 9.17) is 14.2 Å². The third-order valence-corrected chi connectivity index (χ3v) is 3.66. The number of hydrogen-bond donors (Lipinski definition) is 0. The summed E-state index contributed by atoms with van der Waals surface area (Å²) >= 11 is 0. The van der Waals surface area contributed by atoms with Crippen LogP contribution in [0.3, 0.4) is 0 Å². The Morgan fingerprint density at radius 1 is 0.800 bits per heavy atom. The third-order valence-electron chi connectivity index (χ3n) is 3.66. The van der Waals surface area contributed by atoms with Gasteiger partial charge in [-0.3, -0.25) is 0 Å². The number of aromatic nitrogens is 2. The molecule has 5 nitrogen and oxygen atoms in total. The molecule has 5 heteroatoms. The zero-order chi connectivity index (χ0) is 17.5. The van der Waals surface area contributed by atoms with Gasteiger partial charge in [0, 0.05) is 0 Å². The van der Waals surface area contributed by atoms with E-state index >= 15 is 0 Å². The molecule has 25 heavy (non-hydrogen) atoms. The normalized spacial score (nSPS) is 10.8. The Kier molecular flexibility index (Phi) is 5.80. The molecule has 0 atom stereocenters. The van der Waals surface area contributed by atoms with E-state index < -0.39 is 0 Å². The van der Waals surface area contributed by atoms with E-state index in [1.54, 1.807) is 0 Å². The highest BCUT2D eigenvalue weighted by atomic mass is 16.5. The molecule has 3 rings (SSSR count). The predicted molar refractivity (Wildman–Crippen MR) is 97.3 cm³/mol. The summed E-state index contributed by atoms with van der Waals surface area (Å²) in [5.74, 6) is 1.46. The molecular weight excluding hydrogens is 316 g/mol. The number of fused-ring (bicyclic) bond motifs is 1. The van der Waals surface area contributed by atoms with Gasteiger partial charge in [0.25, 0.3) is 0 Å². The standard InChI is InChI=1S/C20H22N2O3/c1-15-11-16(2)13-17(12-15)24-9-7-23-8-10-25-20-18-5-3-4-6-19(18)21-14-22-20/h3-6,11-14H,7-10H2,1-2H3. The number of para-hydroxylation sites is 1. The molecule has 2 aromatic carbocycles. The van der Waals surface area contributed by atoms with Crippen LogP contribution in [0.4, 0.5) is 0 Å². The first-order valence-electron chi connectivity index (χ1n) is 8.34. The lowest BCUT2D eigenvalue weighted by molar-refractivity contribution is 0.0757. The van der Waals surface area contributed by atoms with Crippen molar-refractivity contribution in [3.63, 3.8) is 0 Å². The molecule has 0 amide bonds. The second-order valence-electron chi connectivity index (χ2n) is 5.83. The molecule has 0 aliphatic carbocycles. The van der Waals surface area contributed by atoms with Gasteiger partial charge in [0.1, 0.15) is 25.3 Å². The predicted octanol–water partition coefficient (Wildman–Crippen LogP) is 3.72. The van der Waals surface area contributed by atoms with Crippen LogP contribution in [0.2, 0.25) is 0 Å². The van der Waals surface area contributed by atoms with Gasteiger partial charge in [-0.1, -0.05) is 18.2 Å². The quantitative estimate of drug-likeness (QED) is 0.586. The fraction of sp³-hybridized carbons (Fsp3) is 0.300. The molecular formula is C20H22N2O3. The molecule has 0 N–H and O–H groups in total. The summed E-state index contributed by atoms with van der Waals surface area (Å²) < 4.78 is 17.0. The number of hydrogen-bond acceptors (Lipinski definition) is 5. The summed E-state index contributed by atoms with van der Waals surface area (Å²) in [6.07, 6.45) is 1.51. The average Bonchev–Trinajstić information content (AvgIpc) is 2.60. The summed E-state index contributed by atoms with van der Waals surface area (Å²) in [6.45, 7) is 6.06. The van der Waals surface area contributed by atoms with Crippen molar-refractivity contribution in [3.05, 3.63) is 59.9 Å². The number of ether oxygens (including phenoxy) is 3. The molecule has 0 fully saturated rings. The maximum atomic E-state index is 5.70. The van der Waals surface area contributed by atoms with Crippen LogP contribution >= 0.6 is 0 Å². The van der Waals surface area contributed by atoms with Crippen molar-refractivity contribution in [2.24, 2.45) is 0 Å². The molecule has 0 saturated heterocycles. The minimum absolute atomic E-state index is 0.435. The van der Waals surface area contributed by atoms with Crippen molar-refractivity contribution in [3.8, 4) is 11.6 Å². The zero-order valence-corrected chi connectivity index (χ0v) is 14.6. The molecule has 0 unspecified atom stereocenters. The fourth-order valence-corrected chi connectivity index (χ4v) is 2.63. The van der Waals surface area contributed by atoms with Gasteiger partial charge in [-0.2, -0.15) is 0 Å². The lowest BCUT2D eigenvalue weighted by Crippen LogP contribution is -2.12. The number of rotatable bonds is 8. The molecule has 0 radical (unpaired) electrons. The molecule has 0 bridgehead atoms. The van der Waals surface area contributed by atoms with Crippen molar-refractivity contribution in [2.45, 2.75) is 13.8 Å². The van der Waals surface area contributed by atoms with E-state index in [-0.39, 0.29) is 0 Å². The van der Waals surface area contributed by atoms with Gasteiger partial charge in [-0.15, -0.1) is 0 Å². The van der Waals surface area contributed by atoms with Crippen LogP contribution in [0.15, 0.2) is 48.8 Å². The molecule has 130 valence electrons. The second-order valence-corrected chi connectivity index (χ2v) is 5.83. The van der Waals surface area contributed by atoms with Gasteiger partial charge >= 0.3 is 0 Å². The lowest BCUT2D eigenvalue weighted by atomic mass is 10.1. The summed E-state index contributed by atoms with van der Waals surface area (Å²) in [7, 11) is 0. The van der Waals surface area contributed by atoms with Gasteiger partial charge in [0.05, 0.1) is 24.1 Å². The minimum atomic E-state index is 0.435. The maximum Gasteiger partial charge on any atom is 0.224 e. The summed E-state index contributed by atoms with van der Waals surface area (Å²) in [6, 6.07) is 13.9. The molecule has 1 heterocycles. The van der Waals surface area contributed by atoms with Crippen LogP contribution in [0.25, 0.3) is 10.9 Å². The first-order chi connectivity index (χ1) is 12.2. The fourth-order valence-electron chi connectivity index (χ4n) is 2.63. The largest absolute Gasteiger partial charge is 0.491 e. The third kappa shape index (κ3) is 4.90. The zero-order valence-electron chi connectivity index (χ0n) is 14.6. The highest BCUT2D eigenvalue weighted by Crippen LogP contribution is 2.20. The summed E-state index contributed by atoms with van der Waals surface area (Å²) in [4.78, 5) is 8.40. The highest BCUT2D eigenvalue weighted by Gasteiger charge is 2.03. The molecule has 3 aromatic rings. The van der Waals surface area contributed by atoms with Crippen LogP contribution < -0.4 is 9.47 Å². The lowest BCUT2D eigenvalue weighted by Gasteiger charge is -2.10. The molecule has 0 aliphatic heterocycles. The number of aryl methyl sites for hydroxylation is 2. The Bertz CT molecular complexity index is 811. The van der Waals surface area contributed by atoms with Crippen LogP contribution in [-0.2, 0) is 4.74 Å². The Hall–Kier alpha value is -2.66. The van der Waals surface area contributed by atoms with E-state index in [0.29, 0.717) is 32.3 Å². The van der Waals surface area contributed by atoms with Crippen LogP contribution in [0, 0.1) is 13.8 Å². The van der Waals surface area contributed by atoms with E-state index in [1.165, 1.54) is 17.5 Å². The SMILES string of the molecule is Cc1cc(C)cc(OCCOCCOc2ncnc3ccccc23)c1. The smallest absolute Gasteiger partial charge is 0.224 e. The Labute approximate surface area is 147 Å². The number of benzene rings is 2.